The first-order valence-corrected chi connectivity index (χ1v) is 10.8. The molecule has 9 heteroatoms. The van der Waals surface area contributed by atoms with Gasteiger partial charge in [0.05, 0.1) is 25.5 Å². The van der Waals surface area contributed by atoms with Gasteiger partial charge in [0.15, 0.2) is 0 Å². The minimum atomic E-state index is -0.341. The van der Waals surface area contributed by atoms with Crippen molar-refractivity contribution in [1.82, 2.24) is 15.1 Å². The van der Waals surface area contributed by atoms with Gasteiger partial charge in [0, 0.05) is 36.2 Å². The molecule has 4 aromatic rings. The average Bonchev–Trinajstić information content (AvgIpc) is 3.35. The van der Waals surface area contributed by atoms with Gasteiger partial charge in [0.25, 0.3) is 5.91 Å². The van der Waals surface area contributed by atoms with Crippen LogP contribution in [0.15, 0.2) is 79.0 Å². The molecule has 9 nitrogen and oxygen atoms in total. The predicted octanol–water partition coefficient (Wildman–Crippen LogP) is 4.56. The molecule has 0 unspecified atom stereocenters. The van der Waals surface area contributed by atoms with Crippen LogP contribution < -0.4 is 25.4 Å². The summed E-state index contributed by atoms with van der Waals surface area (Å²) in [5.41, 5.74) is 3.46. The van der Waals surface area contributed by atoms with Gasteiger partial charge in [-0.25, -0.2) is 9.48 Å². The Morgan fingerprint density at radius 1 is 0.857 bits per heavy atom. The van der Waals surface area contributed by atoms with Gasteiger partial charge in [-0.3, -0.25) is 4.79 Å². The zero-order chi connectivity index (χ0) is 24.8. The van der Waals surface area contributed by atoms with E-state index in [0.29, 0.717) is 39.7 Å². The number of nitrogens with zero attached hydrogens (tertiary/aromatic N) is 2. The molecule has 0 radical (unpaired) electrons. The van der Waals surface area contributed by atoms with E-state index in [1.165, 1.54) is 7.05 Å². The third-order valence-electron chi connectivity index (χ3n) is 5.27. The number of carbonyl (C=O) groups excluding carboxylic acids is 2. The Morgan fingerprint density at radius 3 is 2.17 bits per heavy atom. The van der Waals surface area contributed by atoms with Crippen LogP contribution in [0.3, 0.4) is 0 Å². The van der Waals surface area contributed by atoms with Crippen molar-refractivity contribution < 1.29 is 19.1 Å². The Balaban J connectivity index is 1.70. The molecule has 35 heavy (non-hydrogen) atoms. The third-order valence-corrected chi connectivity index (χ3v) is 5.27. The minimum Gasteiger partial charge on any atom is -0.497 e. The highest BCUT2D eigenvalue weighted by molar-refractivity contribution is 6.08. The number of carbonyl (C=O) groups is 2. The maximum absolute atomic E-state index is 13.4. The molecule has 0 saturated heterocycles. The smallest absolute Gasteiger partial charge is 0.318 e. The summed E-state index contributed by atoms with van der Waals surface area (Å²) in [6.07, 6.45) is 1.69. The molecule has 178 valence electrons. The standard InChI is InChI=1S/C26H25N5O4/c1-27-26(33)29-18-11-9-17(10-12-18)28-25(32)22-16-31(19-7-5-4-6-8-19)30-24(22)21-14-13-20(34-2)15-23(21)35-3/h4-16H,1-3H3,(H,28,32)(H2,27,29,33). The first-order valence-electron chi connectivity index (χ1n) is 10.8. The van der Waals surface area contributed by atoms with Crippen molar-refractivity contribution in [3.05, 3.63) is 84.6 Å². The molecule has 0 spiro atoms. The maximum Gasteiger partial charge on any atom is 0.318 e. The molecule has 1 aromatic heterocycles. The molecular weight excluding hydrogens is 446 g/mol. The lowest BCUT2D eigenvalue weighted by Crippen LogP contribution is -2.24. The second-order valence-corrected chi connectivity index (χ2v) is 7.47. The van der Waals surface area contributed by atoms with Gasteiger partial charge in [-0.2, -0.15) is 5.10 Å². The number of amides is 3. The molecule has 0 aliphatic heterocycles. The average molecular weight is 472 g/mol. The summed E-state index contributed by atoms with van der Waals surface area (Å²) < 4.78 is 12.5. The third kappa shape index (κ3) is 5.25. The summed E-state index contributed by atoms with van der Waals surface area (Å²) >= 11 is 0. The van der Waals surface area contributed by atoms with E-state index < -0.39 is 0 Å². The number of nitrogens with one attached hydrogen (secondary N) is 3. The number of rotatable bonds is 7. The van der Waals surface area contributed by atoms with Crippen LogP contribution in [0.2, 0.25) is 0 Å². The van der Waals surface area contributed by atoms with Crippen LogP contribution in [-0.4, -0.2) is 43.0 Å². The molecule has 0 saturated carbocycles. The second kappa shape index (κ2) is 10.4. The van der Waals surface area contributed by atoms with Crippen molar-refractivity contribution in [3.63, 3.8) is 0 Å². The van der Waals surface area contributed by atoms with Crippen molar-refractivity contribution >= 4 is 23.3 Å². The molecular formula is C26H25N5O4. The van der Waals surface area contributed by atoms with Gasteiger partial charge < -0.3 is 25.4 Å². The minimum absolute atomic E-state index is 0.326. The Morgan fingerprint density at radius 2 is 1.54 bits per heavy atom. The number of hydrogen-bond acceptors (Lipinski definition) is 5. The molecule has 3 N–H and O–H groups in total. The van der Waals surface area contributed by atoms with Crippen molar-refractivity contribution in [3.8, 4) is 28.4 Å². The number of aromatic nitrogens is 2. The fourth-order valence-corrected chi connectivity index (χ4v) is 3.48. The van der Waals surface area contributed by atoms with E-state index in [4.69, 9.17) is 14.6 Å². The van der Waals surface area contributed by atoms with E-state index in [2.05, 4.69) is 16.0 Å². The van der Waals surface area contributed by atoms with Crippen LogP contribution in [0.25, 0.3) is 16.9 Å². The number of hydrogen-bond donors (Lipinski definition) is 3. The zero-order valence-electron chi connectivity index (χ0n) is 19.5. The zero-order valence-corrected chi connectivity index (χ0v) is 19.5. The summed E-state index contributed by atoms with van der Waals surface area (Å²) in [6, 6.07) is 21.4. The molecule has 1 heterocycles. The van der Waals surface area contributed by atoms with Crippen molar-refractivity contribution in [2.45, 2.75) is 0 Å². The second-order valence-electron chi connectivity index (χ2n) is 7.47. The Bertz CT molecular complexity index is 1330. The largest absolute Gasteiger partial charge is 0.497 e. The summed E-state index contributed by atoms with van der Waals surface area (Å²) in [6.45, 7) is 0. The lowest BCUT2D eigenvalue weighted by molar-refractivity contribution is 0.102. The molecule has 3 aromatic carbocycles. The summed E-state index contributed by atoms with van der Waals surface area (Å²) in [5.74, 6) is 0.818. The highest BCUT2D eigenvalue weighted by Crippen LogP contribution is 2.35. The van der Waals surface area contributed by atoms with Gasteiger partial charge in [0.2, 0.25) is 0 Å². The molecule has 0 fully saturated rings. The van der Waals surface area contributed by atoms with Gasteiger partial charge in [0.1, 0.15) is 17.2 Å². The first-order chi connectivity index (χ1) is 17.0. The monoisotopic (exact) mass is 471 g/mol. The van der Waals surface area contributed by atoms with Gasteiger partial charge in [-0.05, 0) is 48.5 Å². The molecule has 3 amide bonds. The van der Waals surface area contributed by atoms with Gasteiger partial charge >= 0.3 is 6.03 Å². The fraction of sp³-hybridized carbons (Fsp3) is 0.115. The van der Waals surface area contributed by atoms with Gasteiger partial charge in [-0.15, -0.1) is 0 Å². The highest BCUT2D eigenvalue weighted by Gasteiger charge is 2.22. The van der Waals surface area contributed by atoms with Crippen LogP contribution in [0.4, 0.5) is 16.2 Å². The van der Waals surface area contributed by atoms with Crippen LogP contribution in [-0.2, 0) is 0 Å². The number of anilines is 2. The topological polar surface area (TPSA) is 107 Å². The lowest BCUT2D eigenvalue weighted by atomic mass is 10.1. The molecule has 0 aliphatic rings. The van der Waals surface area contributed by atoms with Crippen LogP contribution in [0, 0.1) is 0 Å². The van der Waals surface area contributed by atoms with E-state index >= 15 is 0 Å². The van der Waals surface area contributed by atoms with E-state index in [1.54, 1.807) is 61.5 Å². The highest BCUT2D eigenvalue weighted by atomic mass is 16.5. The predicted molar refractivity (Wildman–Crippen MR) is 135 cm³/mol. The van der Waals surface area contributed by atoms with E-state index in [0.717, 1.165) is 5.69 Å². The SMILES string of the molecule is CNC(=O)Nc1ccc(NC(=O)c2cn(-c3ccccc3)nc2-c2ccc(OC)cc2OC)cc1. The Kier molecular flexibility index (Phi) is 6.96. The summed E-state index contributed by atoms with van der Waals surface area (Å²) in [5, 5.41) is 12.8. The van der Waals surface area contributed by atoms with Crippen LogP contribution in [0.5, 0.6) is 11.5 Å². The Hall–Kier alpha value is -4.79. The molecule has 4 rings (SSSR count). The fourth-order valence-electron chi connectivity index (χ4n) is 3.48. The number of ether oxygens (including phenoxy) is 2. The first kappa shape index (κ1) is 23.4. The number of benzene rings is 3. The van der Waals surface area contributed by atoms with Crippen molar-refractivity contribution in [2.75, 3.05) is 31.9 Å². The number of methoxy groups -OCH3 is 2. The lowest BCUT2D eigenvalue weighted by Gasteiger charge is -2.11. The van der Waals surface area contributed by atoms with E-state index in [1.807, 2.05) is 36.4 Å². The normalized spacial score (nSPS) is 10.4. The number of para-hydroxylation sites is 1. The van der Waals surface area contributed by atoms with E-state index in [9.17, 15) is 9.59 Å². The van der Waals surface area contributed by atoms with Crippen LogP contribution in [0.1, 0.15) is 10.4 Å². The molecule has 0 bridgehead atoms. The maximum atomic E-state index is 13.4. The van der Waals surface area contributed by atoms with Gasteiger partial charge in [-0.1, -0.05) is 18.2 Å². The summed E-state index contributed by atoms with van der Waals surface area (Å²) in [7, 11) is 4.67. The van der Waals surface area contributed by atoms with E-state index in [-0.39, 0.29) is 11.9 Å². The van der Waals surface area contributed by atoms with Crippen LogP contribution >= 0.6 is 0 Å². The molecule has 0 aliphatic carbocycles. The summed E-state index contributed by atoms with van der Waals surface area (Å²) in [4.78, 5) is 24.9. The molecule has 0 atom stereocenters. The van der Waals surface area contributed by atoms with Crippen molar-refractivity contribution in [1.29, 1.82) is 0 Å². The number of urea groups is 1. The quantitative estimate of drug-likeness (QED) is 0.366. The Labute approximate surface area is 202 Å². The van der Waals surface area contributed by atoms with Crippen molar-refractivity contribution in [2.24, 2.45) is 0 Å².